The number of amides is 1. The molecule has 1 atom stereocenters. The summed E-state index contributed by atoms with van der Waals surface area (Å²) >= 11 is 0. The molecule has 1 amide bonds. The Labute approximate surface area is 93.4 Å². The van der Waals surface area contributed by atoms with Crippen molar-refractivity contribution in [1.82, 2.24) is 5.32 Å². The first kappa shape index (κ1) is 12.6. The van der Waals surface area contributed by atoms with Gasteiger partial charge in [0.2, 0.25) is 5.91 Å². The molecular formula is C10H20N2O2S. The van der Waals surface area contributed by atoms with E-state index < -0.39 is 10.8 Å². The normalized spacial score (nSPS) is 20.4. The maximum absolute atomic E-state index is 11.8. The van der Waals surface area contributed by atoms with Gasteiger partial charge < -0.3 is 11.1 Å². The molecule has 0 bridgehead atoms. The number of nitrogens with one attached hydrogen (secondary N) is 1. The molecule has 0 aromatic heterocycles. The predicted molar refractivity (Wildman–Crippen MR) is 61.9 cm³/mol. The standard InChI is InChI=1S/C10H20N2O2S/c1-2-15(14)7-6-12-9(13)10(8-11)4-3-5-10/h2-8,11H2,1H3,(H,12,13). The molecule has 0 heterocycles. The Morgan fingerprint density at radius 3 is 2.60 bits per heavy atom. The van der Waals surface area contributed by atoms with Gasteiger partial charge in [0.15, 0.2) is 0 Å². The summed E-state index contributed by atoms with van der Waals surface area (Å²) in [6, 6.07) is 0. The first-order chi connectivity index (χ1) is 7.14. The molecule has 1 rings (SSSR count). The summed E-state index contributed by atoms with van der Waals surface area (Å²) in [6.45, 7) is 2.81. The lowest BCUT2D eigenvalue weighted by Gasteiger charge is -2.39. The van der Waals surface area contributed by atoms with Crippen LogP contribution in [0.3, 0.4) is 0 Å². The Balaban J connectivity index is 2.26. The third-order valence-corrected chi connectivity index (χ3v) is 4.42. The minimum Gasteiger partial charge on any atom is -0.355 e. The van der Waals surface area contributed by atoms with Crippen molar-refractivity contribution in [3.63, 3.8) is 0 Å². The average molecular weight is 232 g/mol. The molecule has 88 valence electrons. The monoisotopic (exact) mass is 232 g/mol. The molecule has 0 radical (unpaired) electrons. The molecule has 3 N–H and O–H groups in total. The first-order valence-corrected chi connectivity index (χ1v) is 6.97. The van der Waals surface area contributed by atoms with Crippen LogP contribution in [0.1, 0.15) is 26.2 Å². The van der Waals surface area contributed by atoms with Gasteiger partial charge in [0.1, 0.15) is 0 Å². The molecule has 0 aromatic rings. The molecule has 1 unspecified atom stereocenters. The van der Waals surface area contributed by atoms with Crippen LogP contribution in [0.5, 0.6) is 0 Å². The number of hydrogen-bond donors (Lipinski definition) is 2. The van der Waals surface area contributed by atoms with E-state index in [-0.39, 0.29) is 11.3 Å². The number of nitrogens with two attached hydrogens (primary N) is 1. The number of carbonyl (C=O) groups is 1. The van der Waals surface area contributed by atoms with Crippen LogP contribution >= 0.6 is 0 Å². The molecular weight excluding hydrogens is 212 g/mol. The Morgan fingerprint density at radius 1 is 1.53 bits per heavy atom. The Hall–Kier alpha value is -0.420. The van der Waals surface area contributed by atoms with E-state index in [1.807, 2.05) is 6.92 Å². The van der Waals surface area contributed by atoms with E-state index in [9.17, 15) is 9.00 Å². The molecule has 0 aromatic carbocycles. The van der Waals surface area contributed by atoms with E-state index in [2.05, 4.69) is 5.32 Å². The average Bonchev–Trinajstić information content (AvgIpc) is 2.16. The summed E-state index contributed by atoms with van der Waals surface area (Å²) in [5.41, 5.74) is 5.29. The van der Waals surface area contributed by atoms with Crippen LogP contribution in [-0.4, -0.2) is 34.7 Å². The van der Waals surface area contributed by atoms with E-state index in [1.165, 1.54) is 0 Å². The van der Waals surface area contributed by atoms with E-state index >= 15 is 0 Å². The molecule has 0 saturated heterocycles. The van der Waals surface area contributed by atoms with Gasteiger partial charge in [-0.05, 0) is 12.8 Å². The summed E-state index contributed by atoms with van der Waals surface area (Å²) in [7, 11) is -0.802. The van der Waals surface area contributed by atoms with E-state index in [4.69, 9.17) is 5.73 Å². The van der Waals surface area contributed by atoms with Gasteiger partial charge in [0, 0.05) is 35.4 Å². The van der Waals surface area contributed by atoms with Gasteiger partial charge in [0.05, 0.1) is 5.41 Å². The Kier molecular flexibility index (Phi) is 4.73. The van der Waals surface area contributed by atoms with Crippen LogP contribution < -0.4 is 11.1 Å². The molecule has 1 aliphatic rings. The third kappa shape index (κ3) is 3.01. The van der Waals surface area contributed by atoms with Gasteiger partial charge in [-0.2, -0.15) is 0 Å². The van der Waals surface area contributed by atoms with Crippen molar-refractivity contribution in [2.24, 2.45) is 11.1 Å². The van der Waals surface area contributed by atoms with E-state index in [1.54, 1.807) is 0 Å². The van der Waals surface area contributed by atoms with Crippen molar-refractivity contribution in [2.45, 2.75) is 26.2 Å². The minimum atomic E-state index is -0.802. The van der Waals surface area contributed by atoms with Crippen LogP contribution in [0, 0.1) is 5.41 Å². The van der Waals surface area contributed by atoms with Crippen molar-refractivity contribution in [1.29, 1.82) is 0 Å². The summed E-state index contributed by atoms with van der Waals surface area (Å²) in [4.78, 5) is 11.8. The highest BCUT2D eigenvalue weighted by Crippen LogP contribution is 2.39. The largest absolute Gasteiger partial charge is 0.355 e. The van der Waals surface area contributed by atoms with Gasteiger partial charge >= 0.3 is 0 Å². The summed E-state index contributed by atoms with van der Waals surface area (Å²) < 4.78 is 11.1. The smallest absolute Gasteiger partial charge is 0.227 e. The van der Waals surface area contributed by atoms with Gasteiger partial charge in [-0.25, -0.2) is 0 Å². The Morgan fingerprint density at radius 2 is 2.20 bits per heavy atom. The second kappa shape index (κ2) is 5.61. The molecule has 1 fully saturated rings. The highest BCUT2D eigenvalue weighted by atomic mass is 32.2. The minimum absolute atomic E-state index is 0.0457. The molecule has 15 heavy (non-hydrogen) atoms. The summed E-state index contributed by atoms with van der Waals surface area (Å²) in [6.07, 6.45) is 2.88. The van der Waals surface area contributed by atoms with Crippen molar-refractivity contribution < 1.29 is 9.00 Å². The van der Waals surface area contributed by atoms with Crippen molar-refractivity contribution in [3.05, 3.63) is 0 Å². The molecule has 0 spiro atoms. The third-order valence-electron chi connectivity index (χ3n) is 3.12. The fourth-order valence-corrected chi connectivity index (χ4v) is 2.36. The molecule has 0 aliphatic heterocycles. The second-order valence-electron chi connectivity index (χ2n) is 4.03. The van der Waals surface area contributed by atoms with Crippen molar-refractivity contribution in [2.75, 3.05) is 24.6 Å². The molecule has 4 nitrogen and oxygen atoms in total. The van der Waals surface area contributed by atoms with Gasteiger partial charge in [-0.1, -0.05) is 13.3 Å². The quantitative estimate of drug-likeness (QED) is 0.677. The lowest BCUT2D eigenvalue weighted by atomic mass is 9.68. The Bertz CT molecular complexity index is 246. The van der Waals surface area contributed by atoms with E-state index in [0.717, 1.165) is 19.3 Å². The molecule has 5 heteroatoms. The van der Waals surface area contributed by atoms with Crippen LogP contribution in [0.15, 0.2) is 0 Å². The first-order valence-electron chi connectivity index (χ1n) is 5.48. The zero-order chi connectivity index (χ0) is 11.3. The topological polar surface area (TPSA) is 72.2 Å². The lowest BCUT2D eigenvalue weighted by molar-refractivity contribution is -0.135. The van der Waals surface area contributed by atoms with Crippen LogP contribution in [0.2, 0.25) is 0 Å². The van der Waals surface area contributed by atoms with Crippen LogP contribution in [0.4, 0.5) is 0 Å². The van der Waals surface area contributed by atoms with Gasteiger partial charge in [0.25, 0.3) is 0 Å². The zero-order valence-electron chi connectivity index (χ0n) is 9.25. The number of carbonyl (C=O) groups excluding carboxylic acids is 1. The van der Waals surface area contributed by atoms with Gasteiger partial charge in [-0.15, -0.1) is 0 Å². The molecule has 1 saturated carbocycles. The molecule has 1 aliphatic carbocycles. The van der Waals surface area contributed by atoms with E-state index in [0.29, 0.717) is 24.6 Å². The van der Waals surface area contributed by atoms with Crippen molar-refractivity contribution >= 4 is 16.7 Å². The number of hydrogen-bond acceptors (Lipinski definition) is 3. The zero-order valence-corrected chi connectivity index (χ0v) is 10.1. The summed E-state index contributed by atoms with van der Waals surface area (Å²) in [5.74, 6) is 1.24. The lowest BCUT2D eigenvalue weighted by Crippen LogP contribution is -2.50. The predicted octanol–water partition coefficient (Wildman–Crippen LogP) is 0.000200. The van der Waals surface area contributed by atoms with Gasteiger partial charge in [-0.3, -0.25) is 9.00 Å². The van der Waals surface area contributed by atoms with Crippen LogP contribution in [0.25, 0.3) is 0 Å². The number of rotatable bonds is 6. The SMILES string of the molecule is CCS(=O)CCNC(=O)C1(CN)CCC1. The maximum Gasteiger partial charge on any atom is 0.227 e. The van der Waals surface area contributed by atoms with Crippen molar-refractivity contribution in [3.8, 4) is 0 Å². The summed E-state index contributed by atoms with van der Waals surface area (Å²) in [5, 5.41) is 2.83. The maximum atomic E-state index is 11.8. The van der Waals surface area contributed by atoms with Crippen LogP contribution in [-0.2, 0) is 15.6 Å². The second-order valence-corrected chi connectivity index (χ2v) is 5.89. The fraction of sp³-hybridized carbons (Fsp3) is 0.900. The highest BCUT2D eigenvalue weighted by molar-refractivity contribution is 7.84. The highest BCUT2D eigenvalue weighted by Gasteiger charge is 2.42. The fourth-order valence-electron chi connectivity index (χ4n) is 1.74.